The van der Waals surface area contributed by atoms with Crippen LogP contribution in [0.15, 0.2) is 67.3 Å². The van der Waals surface area contributed by atoms with Gasteiger partial charge in [-0.2, -0.15) is 5.10 Å². The first-order valence-corrected chi connectivity index (χ1v) is 13.8. The number of pyridine rings is 2. The van der Waals surface area contributed by atoms with Crippen LogP contribution in [0, 0.1) is 0 Å². The fourth-order valence-electron chi connectivity index (χ4n) is 5.25. The second-order valence-corrected chi connectivity index (χ2v) is 10.5. The number of nitrogens with zero attached hydrogens (tertiary/aromatic N) is 5. The molecule has 0 radical (unpaired) electrons. The van der Waals surface area contributed by atoms with Crippen LogP contribution in [0.1, 0.15) is 56.7 Å². The lowest BCUT2D eigenvalue weighted by Crippen LogP contribution is -2.29. The van der Waals surface area contributed by atoms with Crippen molar-refractivity contribution in [2.75, 3.05) is 36.9 Å². The molecule has 2 N–H and O–H groups in total. The van der Waals surface area contributed by atoms with E-state index < -0.39 is 0 Å². The first-order chi connectivity index (χ1) is 18.5. The summed E-state index contributed by atoms with van der Waals surface area (Å²) in [4.78, 5) is 13.9. The van der Waals surface area contributed by atoms with Gasteiger partial charge in [-0.05, 0) is 73.8 Å². The van der Waals surface area contributed by atoms with E-state index in [4.69, 9.17) is 0 Å². The smallest absolute Gasteiger partial charge is 0.128 e. The summed E-state index contributed by atoms with van der Waals surface area (Å²) in [5.74, 6) is 0.999. The summed E-state index contributed by atoms with van der Waals surface area (Å²) < 4.78 is 0. The summed E-state index contributed by atoms with van der Waals surface area (Å²) in [6, 6.07) is 12.8. The third-order valence-corrected chi connectivity index (χ3v) is 7.53. The van der Waals surface area contributed by atoms with Crippen LogP contribution < -0.4 is 10.2 Å². The van der Waals surface area contributed by atoms with Crippen molar-refractivity contribution in [2.24, 2.45) is 0 Å². The second-order valence-electron chi connectivity index (χ2n) is 10.5. The quantitative estimate of drug-likeness (QED) is 0.252. The lowest BCUT2D eigenvalue weighted by atomic mass is 9.97. The third-order valence-electron chi connectivity index (χ3n) is 7.53. The number of aromatic nitrogens is 4. The predicted octanol–water partition coefficient (Wildman–Crippen LogP) is 6.58. The highest BCUT2D eigenvalue weighted by atomic mass is 15.2. The van der Waals surface area contributed by atoms with Crippen LogP contribution in [-0.4, -0.2) is 51.7 Å². The molecule has 1 unspecified atom stereocenters. The van der Waals surface area contributed by atoms with E-state index in [9.17, 15) is 0 Å². The molecule has 7 heteroatoms. The van der Waals surface area contributed by atoms with E-state index in [1.54, 1.807) is 0 Å². The highest BCUT2D eigenvalue weighted by Crippen LogP contribution is 2.32. The maximum atomic E-state index is 4.60. The maximum absolute atomic E-state index is 4.60. The molecule has 1 aromatic carbocycles. The number of likely N-dealkylation sites (tertiary alicyclic amines) is 1. The van der Waals surface area contributed by atoms with Gasteiger partial charge in [-0.3, -0.25) is 15.0 Å². The van der Waals surface area contributed by atoms with E-state index in [1.165, 1.54) is 37.9 Å². The van der Waals surface area contributed by atoms with E-state index in [1.807, 2.05) is 24.7 Å². The molecule has 5 rings (SSSR count). The number of aromatic amines is 1. The highest BCUT2D eigenvalue weighted by molar-refractivity contribution is 5.87. The van der Waals surface area contributed by atoms with Crippen LogP contribution in [-0.2, 0) is 6.54 Å². The van der Waals surface area contributed by atoms with Crippen molar-refractivity contribution in [3.8, 4) is 11.1 Å². The van der Waals surface area contributed by atoms with Crippen molar-refractivity contribution in [3.63, 3.8) is 0 Å². The molecule has 1 aliphatic rings. The van der Waals surface area contributed by atoms with Crippen molar-refractivity contribution in [2.45, 2.75) is 52.0 Å². The Balaban J connectivity index is 1.32. The van der Waals surface area contributed by atoms with Gasteiger partial charge in [-0.1, -0.05) is 32.9 Å². The number of anilines is 2. The summed E-state index contributed by atoms with van der Waals surface area (Å²) >= 11 is 0. The van der Waals surface area contributed by atoms with Crippen LogP contribution in [0.4, 0.5) is 11.5 Å². The molecule has 4 aromatic rings. The Bertz CT molecular complexity index is 1370. The molecule has 1 fully saturated rings. The summed E-state index contributed by atoms with van der Waals surface area (Å²) in [7, 11) is 2.07. The molecule has 0 saturated carbocycles. The molecule has 1 atom stereocenters. The zero-order chi connectivity index (χ0) is 26.5. The molecule has 0 amide bonds. The number of H-pyrrole nitrogens is 1. The Hall–Kier alpha value is -3.71. The van der Waals surface area contributed by atoms with Crippen molar-refractivity contribution in [3.05, 3.63) is 78.5 Å². The minimum Gasteiger partial charge on any atom is -0.360 e. The molecule has 1 aliphatic heterocycles. The minimum absolute atomic E-state index is 0.0289. The first kappa shape index (κ1) is 25.9. The average Bonchev–Trinajstić information content (AvgIpc) is 3.37. The van der Waals surface area contributed by atoms with Crippen LogP contribution in [0.25, 0.3) is 22.0 Å². The monoisotopic (exact) mass is 509 g/mol. The largest absolute Gasteiger partial charge is 0.360 e. The number of rotatable bonds is 10. The van der Waals surface area contributed by atoms with Gasteiger partial charge >= 0.3 is 0 Å². The topological polar surface area (TPSA) is 73.0 Å². The van der Waals surface area contributed by atoms with Gasteiger partial charge in [0.25, 0.3) is 0 Å². The van der Waals surface area contributed by atoms with Gasteiger partial charge in [0, 0.05) is 55.1 Å². The van der Waals surface area contributed by atoms with Gasteiger partial charge in [-0.15, -0.1) is 0 Å². The van der Waals surface area contributed by atoms with E-state index in [-0.39, 0.29) is 5.92 Å². The Morgan fingerprint density at radius 1 is 1.08 bits per heavy atom. The van der Waals surface area contributed by atoms with Gasteiger partial charge in [0.15, 0.2) is 0 Å². The summed E-state index contributed by atoms with van der Waals surface area (Å²) in [5, 5.41) is 12.4. The van der Waals surface area contributed by atoms with Crippen molar-refractivity contribution >= 4 is 22.4 Å². The standard InChI is InChI=1S/C31H39N7/c1-5-13-37(4)30-12-10-27(20-33-30)34-23(3)22(2)31-28-17-25(9-11-29(28)35-36-31)26-16-24(18-32-19-26)21-38-14-7-6-8-15-38/h9-12,16-20,22,34H,3,5-8,13-15,21H2,1-2,4H3,(H,35,36). The van der Waals surface area contributed by atoms with Gasteiger partial charge in [0.2, 0.25) is 0 Å². The molecule has 0 bridgehead atoms. The highest BCUT2D eigenvalue weighted by Gasteiger charge is 2.17. The molecular formula is C31H39N7. The third kappa shape index (κ3) is 5.89. The number of fused-ring (bicyclic) bond motifs is 1. The minimum atomic E-state index is 0.0289. The Labute approximate surface area is 226 Å². The van der Waals surface area contributed by atoms with Crippen molar-refractivity contribution in [1.82, 2.24) is 25.1 Å². The zero-order valence-corrected chi connectivity index (χ0v) is 22.9. The molecular weight excluding hydrogens is 470 g/mol. The molecule has 1 saturated heterocycles. The van der Waals surface area contributed by atoms with Gasteiger partial charge < -0.3 is 10.2 Å². The SMILES string of the molecule is C=C(Nc1ccc(N(C)CCC)nc1)C(C)c1[nH]nc2ccc(-c3cncc(CN4CCCCC4)c3)cc12. The van der Waals surface area contributed by atoms with E-state index in [0.29, 0.717) is 0 Å². The summed E-state index contributed by atoms with van der Waals surface area (Å²) in [6.07, 6.45) is 10.9. The zero-order valence-electron chi connectivity index (χ0n) is 22.9. The molecule has 7 nitrogen and oxygen atoms in total. The summed E-state index contributed by atoms with van der Waals surface area (Å²) in [6.45, 7) is 13.0. The Kier molecular flexibility index (Phi) is 8.03. The van der Waals surface area contributed by atoms with E-state index >= 15 is 0 Å². The lowest BCUT2D eigenvalue weighted by Gasteiger charge is -2.26. The number of nitrogens with one attached hydrogen (secondary N) is 2. The van der Waals surface area contributed by atoms with Crippen molar-refractivity contribution in [1.29, 1.82) is 0 Å². The average molecular weight is 510 g/mol. The van der Waals surface area contributed by atoms with Crippen LogP contribution in [0.3, 0.4) is 0 Å². The predicted molar refractivity (Wildman–Crippen MR) is 157 cm³/mol. The summed E-state index contributed by atoms with van der Waals surface area (Å²) in [5.41, 5.74) is 7.37. The van der Waals surface area contributed by atoms with Crippen LogP contribution in [0.5, 0.6) is 0 Å². The van der Waals surface area contributed by atoms with Crippen molar-refractivity contribution < 1.29 is 0 Å². The molecule has 38 heavy (non-hydrogen) atoms. The second kappa shape index (κ2) is 11.8. The molecule has 198 valence electrons. The number of allylic oxidation sites excluding steroid dienone is 1. The number of hydrogen-bond acceptors (Lipinski definition) is 6. The lowest BCUT2D eigenvalue weighted by molar-refractivity contribution is 0.220. The van der Waals surface area contributed by atoms with Crippen LogP contribution >= 0.6 is 0 Å². The van der Waals surface area contributed by atoms with E-state index in [2.05, 4.69) is 93.1 Å². The fourth-order valence-corrected chi connectivity index (χ4v) is 5.25. The first-order valence-electron chi connectivity index (χ1n) is 13.8. The Morgan fingerprint density at radius 3 is 2.68 bits per heavy atom. The Morgan fingerprint density at radius 2 is 1.92 bits per heavy atom. The maximum Gasteiger partial charge on any atom is 0.128 e. The van der Waals surface area contributed by atoms with Gasteiger partial charge in [0.05, 0.1) is 23.1 Å². The molecule has 0 aliphatic carbocycles. The molecule has 4 heterocycles. The van der Waals surface area contributed by atoms with E-state index in [0.717, 1.165) is 64.4 Å². The van der Waals surface area contributed by atoms with Gasteiger partial charge in [0.1, 0.15) is 5.82 Å². The van der Waals surface area contributed by atoms with Gasteiger partial charge in [-0.25, -0.2) is 4.98 Å². The van der Waals surface area contributed by atoms with Crippen LogP contribution in [0.2, 0.25) is 0 Å². The molecule has 0 spiro atoms. The fraction of sp³-hybridized carbons (Fsp3) is 0.387. The number of benzene rings is 1. The number of hydrogen-bond donors (Lipinski definition) is 2. The number of piperidine rings is 1. The normalized spacial score (nSPS) is 14.9. The molecule has 3 aromatic heterocycles.